The zero-order valence-electron chi connectivity index (χ0n) is 21.3. The standard InChI is InChI=1S/C24H14Cl2N6O9S3/c25-19-10-27-23(26)30-24(29-19)28-13-2-4-15-12(7-13)9-18(43(36,37)38)20(21(15)33)32-31-17-6-1-11-8-14(42(34)35)3-5-16(11)22(17)44(39,40)41/h1-10H,(H4,31,33,34,35,36,37,38,39,40,41)/p+1. The molecule has 4 aromatic carbocycles. The van der Waals surface area contributed by atoms with Crippen LogP contribution in [0, 0.1) is 0 Å². The maximum Gasteiger partial charge on any atom is 0.448 e. The highest BCUT2D eigenvalue weighted by Gasteiger charge is 2.24. The molecule has 0 radical (unpaired) electrons. The van der Waals surface area contributed by atoms with E-state index in [0.29, 0.717) is 0 Å². The lowest BCUT2D eigenvalue weighted by molar-refractivity contribution is 0.472. The Balaban J connectivity index is 1.66. The summed E-state index contributed by atoms with van der Waals surface area (Å²) in [6.07, 6.45) is 1.18. The molecule has 1 unspecified atom stereocenters. The number of nitrogens with zero attached hydrogens (tertiary/aromatic N) is 5. The number of rotatable bonds is 6. The fourth-order valence-corrected chi connectivity index (χ4v) is 6.27. The zero-order valence-corrected chi connectivity index (χ0v) is 25.3. The summed E-state index contributed by atoms with van der Waals surface area (Å²) in [7, 11) is -10.0. The van der Waals surface area contributed by atoms with Crippen LogP contribution >= 0.6 is 23.2 Å². The van der Waals surface area contributed by atoms with Gasteiger partial charge in [0.05, 0.1) is 10.6 Å². The van der Waals surface area contributed by atoms with Crippen LogP contribution < -0.4 is 9.98 Å². The summed E-state index contributed by atoms with van der Waals surface area (Å²) >= 11 is 9.41. The van der Waals surface area contributed by atoms with Crippen LogP contribution in [0.4, 0.5) is 17.1 Å². The van der Waals surface area contributed by atoms with Crippen molar-refractivity contribution >= 4 is 116 Å². The molecule has 1 aliphatic rings. The van der Waals surface area contributed by atoms with Crippen LogP contribution in [0.1, 0.15) is 0 Å². The number of amidine groups is 1. The number of halogens is 2. The minimum Gasteiger partial charge on any atom is -0.505 e. The van der Waals surface area contributed by atoms with E-state index >= 15 is 0 Å². The van der Waals surface area contributed by atoms with Gasteiger partial charge in [-0.2, -0.15) is 36.8 Å². The summed E-state index contributed by atoms with van der Waals surface area (Å²) in [5, 5.41) is 21.1. The topological polar surface area (TPSA) is 242 Å². The zero-order chi connectivity index (χ0) is 32.0. The average molecular weight is 699 g/mol. The Bertz CT molecular complexity index is 2320. The number of hydrogen-bond donors (Lipinski definition) is 5. The smallest absolute Gasteiger partial charge is 0.448 e. The molecule has 226 valence electrons. The number of phenolic OH excluding ortho intramolecular Hbond substituents is 1. The predicted octanol–water partition coefficient (Wildman–Crippen LogP) is 4.15. The van der Waals surface area contributed by atoms with Gasteiger partial charge in [0.2, 0.25) is 6.21 Å². The maximum absolute atomic E-state index is 12.3. The van der Waals surface area contributed by atoms with Crippen LogP contribution in [0.5, 0.6) is 5.75 Å². The summed E-state index contributed by atoms with van der Waals surface area (Å²) in [5.74, 6) is -0.812. The molecule has 0 saturated heterocycles. The third-order valence-corrected chi connectivity index (χ3v) is 8.74. The number of azo groups is 1. The first-order valence-electron chi connectivity index (χ1n) is 11.6. The minimum atomic E-state index is -5.06. The first-order chi connectivity index (χ1) is 20.6. The van der Waals surface area contributed by atoms with Gasteiger partial charge < -0.3 is 9.66 Å². The molecule has 0 fully saturated rings. The Kier molecular flexibility index (Phi) is 8.38. The van der Waals surface area contributed by atoms with Crippen molar-refractivity contribution in [2.24, 2.45) is 20.2 Å². The number of aliphatic imine (C=N–C) groups is 2. The number of aromatic hydroxyl groups is 1. The monoisotopic (exact) mass is 697 g/mol. The van der Waals surface area contributed by atoms with Crippen LogP contribution in [0.3, 0.4) is 0 Å². The van der Waals surface area contributed by atoms with Gasteiger partial charge in [-0.05, 0) is 53.2 Å². The van der Waals surface area contributed by atoms with Gasteiger partial charge in [0.25, 0.3) is 20.2 Å². The highest BCUT2D eigenvalue weighted by Crippen LogP contribution is 2.43. The van der Waals surface area contributed by atoms with Gasteiger partial charge in [-0.15, -0.1) is 10.2 Å². The Morgan fingerprint density at radius 3 is 2.30 bits per heavy atom. The molecular formula is C24H15Cl2N6O9S3+. The van der Waals surface area contributed by atoms with Crippen LogP contribution in [0.2, 0.25) is 0 Å². The van der Waals surface area contributed by atoms with E-state index in [0.717, 1.165) is 18.2 Å². The molecule has 0 spiro atoms. The van der Waals surface area contributed by atoms with Crippen LogP contribution in [0.25, 0.3) is 21.5 Å². The first-order valence-corrected chi connectivity index (χ1v) is 16.4. The third-order valence-electron chi connectivity index (χ3n) is 5.90. The predicted molar refractivity (Wildman–Crippen MR) is 165 cm³/mol. The fourth-order valence-electron chi connectivity index (χ4n) is 4.10. The Hall–Kier alpha value is -4.10. The van der Waals surface area contributed by atoms with Gasteiger partial charge in [-0.1, -0.05) is 23.7 Å². The van der Waals surface area contributed by atoms with Gasteiger partial charge in [0.15, 0.2) is 22.0 Å². The summed E-state index contributed by atoms with van der Waals surface area (Å²) in [5.41, 5.74) is -1.02. The second kappa shape index (κ2) is 11.8. The lowest BCUT2D eigenvalue weighted by Crippen LogP contribution is -2.25. The summed E-state index contributed by atoms with van der Waals surface area (Å²) in [6.45, 7) is 0. The number of fused-ring (bicyclic) bond motifs is 2. The van der Waals surface area contributed by atoms with Gasteiger partial charge in [0, 0.05) is 22.4 Å². The highest BCUT2D eigenvalue weighted by atomic mass is 35.5. The molecule has 1 heterocycles. The van der Waals surface area contributed by atoms with E-state index in [1.54, 1.807) is 0 Å². The summed E-state index contributed by atoms with van der Waals surface area (Å²) in [4.78, 5) is 6.51. The molecule has 1 atom stereocenters. The molecule has 1 aliphatic heterocycles. The van der Waals surface area contributed by atoms with Gasteiger partial charge >= 0.3 is 11.3 Å². The van der Waals surface area contributed by atoms with Crippen LogP contribution in [0.15, 0.2) is 89.5 Å². The normalized spacial score (nSPS) is 15.8. The fraction of sp³-hybridized carbons (Fsp3) is 0. The second-order valence-electron chi connectivity index (χ2n) is 8.72. The van der Waals surface area contributed by atoms with Crippen molar-refractivity contribution in [2.75, 3.05) is 0 Å². The van der Waals surface area contributed by atoms with Gasteiger partial charge in [-0.3, -0.25) is 9.11 Å². The number of benzene rings is 4. The van der Waals surface area contributed by atoms with Crippen LogP contribution in [-0.2, 0) is 31.3 Å². The molecule has 5 rings (SSSR count). The second-order valence-corrected chi connectivity index (χ2v) is 13.2. The Morgan fingerprint density at radius 2 is 1.61 bits per heavy atom. The number of guanidine groups is 1. The number of hydrogen-bond acceptors (Lipinski definition) is 9. The van der Waals surface area contributed by atoms with E-state index in [1.165, 1.54) is 42.6 Å². The van der Waals surface area contributed by atoms with Crippen molar-refractivity contribution < 1.29 is 39.8 Å². The van der Waals surface area contributed by atoms with E-state index in [2.05, 4.69) is 30.2 Å². The molecular weight excluding hydrogens is 683 g/mol. The van der Waals surface area contributed by atoms with E-state index in [9.17, 15) is 39.8 Å². The van der Waals surface area contributed by atoms with E-state index in [4.69, 9.17) is 23.2 Å². The molecule has 20 heteroatoms. The quantitative estimate of drug-likeness (QED) is 0.0633. The van der Waals surface area contributed by atoms with E-state index in [1.807, 2.05) is 0 Å². The number of nitrogens with one attached hydrogen (secondary N) is 1. The Morgan fingerprint density at radius 1 is 0.886 bits per heavy atom. The summed E-state index contributed by atoms with van der Waals surface area (Å²) < 4.78 is 93.7. The van der Waals surface area contributed by atoms with E-state index < -0.39 is 58.2 Å². The van der Waals surface area contributed by atoms with Crippen molar-refractivity contribution in [1.82, 2.24) is 9.98 Å². The molecule has 0 aliphatic carbocycles. The largest absolute Gasteiger partial charge is 0.505 e. The van der Waals surface area contributed by atoms with Gasteiger partial charge in [-0.25, -0.2) is 4.21 Å². The third kappa shape index (κ3) is 6.53. The average Bonchev–Trinajstić information content (AvgIpc) is 3.09. The highest BCUT2D eigenvalue weighted by molar-refractivity contribution is 7.86. The molecule has 5 N–H and O–H groups in total. The van der Waals surface area contributed by atoms with Crippen LogP contribution in [-0.4, -0.2) is 62.4 Å². The Labute approximate surface area is 259 Å². The first kappa shape index (κ1) is 31.3. The minimum absolute atomic E-state index is 0.0380. The SMILES string of the molecule is O=S(O)c1ccc2c(S(=O)(=O)O)c(N=Nc3c(S(=O)(=O)O)cc4cc(N=C5N=C(Cl)C=[N+]=C(Cl)N5)ccc4c3O)ccc2c1. The number of phenols is 1. The lowest BCUT2D eigenvalue weighted by atomic mass is 10.1. The molecule has 0 bridgehead atoms. The van der Waals surface area contributed by atoms with Crippen molar-refractivity contribution in [2.45, 2.75) is 14.7 Å². The van der Waals surface area contributed by atoms with Crippen molar-refractivity contribution in [3.8, 4) is 5.75 Å². The van der Waals surface area contributed by atoms with Crippen molar-refractivity contribution in [3.05, 3.63) is 54.6 Å². The molecule has 0 amide bonds. The molecule has 4 aromatic rings. The molecule has 15 nitrogen and oxygen atoms in total. The molecule has 44 heavy (non-hydrogen) atoms. The van der Waals surface area contributed by atoms with Crippen molar-refractivity contribution in [3.63, 3.8) is 0 Å². The summed E-state index contributed by atoms with van der Waals surface area (Å²) in [6, 6.07) is 11.1. The van der Waals surface area contributed by atoms with Crippen molar-refractivity contribution in [1.29, 1.82) is 0 Å². The maximum atomic E-state index is 12.3. The lowest BCUT2D eigenvalue weighted by Gasteiger charge is -2.10. The molecule has 0 saturated carbocycles. The van der Waals surface area contributed by atoms with Gasteiger partial charge in [0.1, 0.15) is 21.2 Å². The molecule has 0 aromatic heterocycles. The van der Waals surface area contributed by atoms with E-state index in [-0.39, 0.29) is 48.6 Å².